The van der Waals surface area contributed by atoms with Crippen LogP contribution >= 0.6 is 11.3 Å². The first-order valence-corrected chi connectivity index (χ1v) is 6.44. The summed E-state index contributed by atoms with van der Waals surface area (Å²) in [6.45, 7) is 2.02. The summed E-state index contributed by atoms with van der Waals surface area (Å²) in [5.74, 6) is 1.25. The van der Waals surface area contributed by atoms with Gasteiger partial charge in [-0.05, 0) is 19.8 Å². The Kier molecular flexibility index (Phi) is 2.78. The van der Waals surface area contributed by atoms with Crippen LogP contribution in [0.1, 0.15) is 45.4 Å². The van der Waals surface area contributed by atoms with E-state index in [0.717, 1.165) is 17.8 Å². The summed E-state index contributed by atoms with van der Waals surface area (Å²) in [7, 11) is 0. The van der Waals surface area contributed by atoms with Crippen molar-refractivity contribution in [2.75, 3.05) is 0 Å². The van der Waals surface area contributed by atoms with Gasteiger partial charge < -0.3 is 9.73 Å². The van der Waals surface area contributed by atoms with Crippen LogP contribution in [-0.2, 0) is 6.54 Å². The number of hydrogen-bond donors (Lipinski definition) is 1. The fourth-order valence-electron chi connectivity index (χ4n) is 1.45. The Morgan fingerprint density at radius 2 is 2.22 bits per heavy atom. The van der Waals surface area contributed by atoms with Crippen molar-refractivity contribution >= 4 is 17.2 Å². The van der Waals surface area contributed by atoms with Gasteiger partial charge in [0.2, 0.25) is 16.8 Å². The monoisotopic (exact) mass is 265 g/mol. The zero-order chi connectivity index (χ0) is 12.5. The van der Waals surface area contributed by atoms with E-state index in [4.69, 9.17) is 4.42 Å². The first-order valence-electron chi connectivity index (χ1n) is 5.63. The highest BCUT2D eigenvalue weighted by atomic mass is 32.1. The molecule has 0 aromatic carbocycles. The van der Waals surface area contributed by atoms with Crippen LogP contribution in [0, 0.1) is 6.92 Å². The van der Waals surface area contributed by atoms with E-state index in [1.165, 1.54) is 11.3 Å². The van der Waals surface area contributed by atoms with Crippen LogP contribution in [0.4, 0.5) is 0 Å². The van der Waals surface area contributed by atoms with E-state index in [-0.39, 0.29) is 12.5 Å². The van der Waals surface area contributed by atoms with Gasteiger partial charge in [-0.1, -0.05) is 11.3 Å². The third-order valence-corrected chi connectivity index (χ3v) is 3.37. The molecule has 1 N–H and O–H groups in total. The molecule has 0 radical (unpaired) electrons. The summed E-state index contributed by atoms with van der Waals surface area (Å²) in [5.41, 5.74) is 0. The number of nitrogens with zero attached hydrogens (tertiary/aromatic N) is 4. The maximum Gasteiger partial charge on any atom is 0.282 e. The van der Waals surface area contributed by atoms with Crippen LogP contribution in [0.25, 0.3) is 0 Å². The molecule has 1 amide bonds. The second kappa shape index (κ2) is 4.45. The van der Waals surface area contributed by atoms with Gasteiger partial charge in [0.25, 0.3) is 5.91 Å². The number of nitrogens with one attached hydrogen (secondary N) is 1. The Labute approximate surface area is 107 Å². The summed E-state index contributed by atoms with van der Waals surface area (Å²) in [6, 6.07) is 0. The molecule has 0 unspecified atom stereocenters. The van der Waals surface area contributed by atoms with Crippen molar-refractivity contribution in [3.8, 4) is 0 Å². The van der Waals surface area contributed by atoms with Crippen LogP contribution in [0.5, 0.6) is 0 Å². The second-order valence-corrected chi connectivity index (χ2v) is 5.30. The van der Waals surface area contributed by atoms with Crippen LogP contribution < -0.4 is 5.32 Å². The molecule has 2 heterocycles. The van der Waals surface area contributed by atoms with Gasteiger partial charge in [-0.15, -0.1) is 20.4 Å². The summed E-state index contributed by atoms with van der Waals surface area (Å²) in [6.07, 6.45) is 2.22. The molecular formula is C10H11N5O2S. The number of carbonyl (C=O) groups is 1. The van der Waals surface area contributed by atoms with Gasteiger partial charge in [-0.25, -0.2) is 0 Å². The molecule has 1 fully saturated rings. The van der Waals surface area contributed by atoms with Crippen LogP contribution in [0.15, 0.2) is 4.42 Å². The molecule has 1 saturated carbocycles. The number of aryl methyl sites for hydroxylation is 1. The van der Waals surface area contributed by atoms with Crippen molar-refractivity contribution in [1.29, 1.82) is 0 Å². The lowest BCUT2D eigenvalue weighted by molar-refractivity contribution is 0.0946. The minimum Gasteiger partial charge on any atom is -0.423 e. The topological polar surface area (TPSA) is 93.8 Å². The fourth-order valence-corrected chi connectivity index (χ4v) is 2.06. The summed E-state index contributed by atoms with van der Waals surface area (Å²) in [5, 5.41) is 19.1. The minimum atomic E-state index is -0.272. The molecule has 18 heavy (non-hydrogen) atoms. The van der Waals surface area contributed by atoms with E-state index in [1.807, 2.05) is 0 Å². The summed E-state index contributed by atoms with van der Waals surface area (Å²) in [4.78, 5) is 11.7. The lowest BCUT2D eigenvalue weighted by Crippen LogP contribution is -2.22. The first-order chi connectivity index (χ1) is 8.72. The Morgan fingerprint density at radius 1 is 1.39 bits per heavy atom. The molecule has 0 atom stereocenters. The molecule has 2 aromatic heterocycles. The van der Waals surface area contributed by atoms with Crippen molar-refractivity contribution in [3.05, 3.63) is 21.8 Å². The fraction of sp³-hybridized carbons (Fsp3) is 0.500. The lowest BCUT2D eigenvalue weighted by Gasteiger charge is -1.97. The zero-order valence-electron chi connectivity index (χ0n) is 9.71. The number of rotatable bonds is 4. The highest BCUT2D eigenvalue weighted by Crippen LogP contribution is 2.38. The summed E-state index contributed by atoms with van der Waals surface area (Å²) < 4.78 is 5.43. The zero-order valence-corrected chi connectivity index (χ0v) is 10.5. The van der Waals surface area contributed by atoms with Gasteiger partial charge in [0.05, 0.1) is 6.54 Å². The van der Waals surface area contributed by atoms with E-state index in [2.05, 4.69) is 25.7 Å². The maximum atomic E-state index is 11.7. The molecule has 2 aromatic rings. The quantitative estimate of drug-likeness (QED) is 0.887. The van der Waals surface area contributed by atoms with E-state index >= 15 is 0 Å². The highest BCUT2D eigenvalue weighted by molar-refractivity contribution is 7.13. The Bertz CT molecular complexity index is 574. The summed E-state index contributed by atoms with van der Waals surface area (Å²) >= 11 is 1.25. The van der Waals surface area contributed by atoms with Gasteiger partial charge in [0.1, 0.15) is 5.01 Å². The average molecular weight is 265 g/mol. The molecule has 0 saturated heterocycles. The van der Waals surface area contributed by atoms with Gasteiger partial charge in [0, 0.05) is 5.92 Å². The Hall–Kier alpha value is -1.83. The molecular weight excluding hydrogens is 254 g/mol. The van der Waals surface area contributed by atoms with E-state index in [0.29, 0.717) is 22.7 Å². The van der Waals surface area contributed by atoms with Crippen molar-refractivity contribution in [3.63, 3.8) is 0 Å². The predicted molar refractivity (Wildman–Crippen MR) is 62.1 cm³/mol. The number of amides is 1. The van der Waals surface area contributed by atoms with E-state index in [9.17, 15) is 4.79 Å². The van der Waals surface area contributed by atoms with Crippen molar-refractivity contribution in [1.82, 2.24) is 25.7 Å². The van der Waals surface area contributed by atoms with E-state index in [1.54, 1.807) is 6.92 Å². The molecule has 1 aliphatic rings. The first kappa shape index (κ1) is 11.3. The molecule has 7 nitrogen and oxygen atoms in total. The third kappa shape index (κ3) is 2.37. The van der Waals surface area contributed by atoms with Crippen LogP contribution in [0.3, 0.4) is 0 Å². The maximum absolute atomic E-state index is 11.7. The number of hydrogen-bond acceptors (Lipinski definition) is 7. The smallest absolute Gasteiger partial charge is 0.282 e. The normalized spacial score (nSPS) is 14.7. The van der Waals surface area contributed by atoms with Crippen molar-refractivity contribution in [2.45, 2.75) is 32.2 Å². The van der Waals surface area contributed by atoms with Gasteiger partial charge in [-0.3, -0.25) is 4.79 Å². The number of carbonyl (C=O) groups excluding carboxylic acids is 1. The van der Waals surface area contributed by atoms with Gasteiger partial charge >= 0.3 is 0 Å². The van der Waals surface area contributed by atoms with Crippen molar-refractivity contribution in [2.24, 2.45) is 0 Å². The Balaban J connectivity index is 1.58. The van der Waals surface area contributed by atoms with Crippen LogP contribution in [-0.4, -0.2) is 26.3 Å². The Morgan fingerprint density at radius 3 is 2.89 bits per heavy atom. The largest absolute Gasteiger partial charge is 0.423 e. The third-order valence-electron chi connectivity index (χ3n) is 2.53. The average Bonchev–Trinajstić information content (AvgIpc) is 2.95. The molecule has 0 spiro atoms. The molecule has 1 aliphatic carbocycles. The highest BCUT2D eigenvalue weighted by Gasteiger charge is 2.29. The molecule has 0 aliphatic heterocycles. The van der Waals surface area contributed by atoms with Crippen LogP contribution in [0.2, 0.25) is 0 Å². The van der Waals surface area contributed by atoms with Gasteiger partial charge in [-0.2, -0.15) is 0 Å². The standard InChI is InChI=1S/C10H11N5O2S/c1-5-12-15-10(18-5)8(16)11-4-7-13-14-9(17-7)6-2-3-6/h6H,2-4H2,1H3,(H,11,16). The molecule has 3 rings (SSSR count). The second-order valence-electron chi connectivity index (χ2n) is 4.12. The van der Waals surface area contributed by atoms with E-state index < -0.39 is 0 Å². The molecule has 8 heteroatoms. The predicted octanol–water partition coefficient (Wildman–Crippen LogP) is 1.04. The minimum absolute atomic E-state index is 0.219. The molecule has 0 bridgehead atoms. The SMILES string of the molecule is Cc1nnc(C(=O)NCc2nnc(C3CC3)o2)s1. The number of aromatic nitrogens is 4. The van der Waals surface area contributed by atoms with Crippen molar-refractivity contribution < 1.29 is 9.21 Å². The van der Waals surface area contributed by atoms with Gasteiger partial charge in [0.15, 0.2) is 0 Å². The molecule has 94 valence electrons. The lowest BCUT2D eigenvalue weighted by atomic mass is 10.4.